The van der Waals surface area contributed by atoms with Gasteiger partial charge in [-0.25, -0.2) is 0 Å². The summed E-state index contributed by atoms with van der Waals surface area (Å²) in [5.41, 5.74) is 0. The molecule has 0 spiro atoms. The molecule has 2 aromatic rings. The van der Waals surface area contributed by atoms with Crippen LogP contribution in [0.15, 0.2) is 29.6 Å². The average Bonchev–Trinajstić information content (AvgIpc) is 3.15. The van der Waals surface area contributed by atoms with E-state index < -0.39 is 5.97 Å². The highest BCUT2D eigenvalue weighted by Crippen LogP contribution is 2.21. The molecule has 8 heteroatoms. The molecule has 0 aliphatic carbocycles. The zero-order valence-electron chi connectivity index (χ0n) is 11.3. The van der Waals surface area contributed by atoms with E-state index in [1.165, 1.54) is 11.3 Å². The Bertz CT molecular complexity index is 666. The Morgan fingerprint density at radius 1 is 1.18 bits per heavy atom. The van der Waals surface area contributed by atoms with E-state index in [1.54, 1.807) is 29.6 Å². The summed E-state index contributed by atoms with van der Waals surface area (Å²) in [5, 5.41) is 4.41. The molecular formula is C14H12ClNO4S2. The van der Waals surface area contributed by atoms with Crippen LogP contribution in [0.1, 0.15) is 25.8 Å². The molecule has 0 aromatic carbocycles. The second kappa shape index (κ2) is 8.07. The Morgan fingerprint density at radius 2 is 2.00 bits per heavy atom. The van der Waals surface area contributed by atoms with E-state index in [2.05, 4.69) is 5.32 Å². The van der Waals surface area contributed by atoms with Gasteiger partial charge in [-0.15, -0.1) is 22.7 Å². The number of thiophene rings is 2. The Labute approximate surface area is 139 Å². The Balaban J connectivity index is 1.66. The van der Waals surface area contributed by atoms with Crippen molar-refractivity contribution in [2.75, 3.05) is 13.2 Å². The largest absolute Gasteiger partial charge is 0.457 e. The summed E-state index contributed by atoms with van der Waals surface area (Å²) < 4.78 is 5.37. The second-order valence-corrected chi connectivity index (χ2v) is 6.83. The minimum Gasteiger partial charge on any atom is -0.457 e. The SMILES string of the molecule is O=C(CCNC(=O)c1cccs1)OCC(=O)c1ccc(Cl)s1. The normalized spacial score (nSPS) is 10.2. The number of halogens is 1. The molecule has 0 bridgehead atoms. The van der Waals surface area contributed by atoms with Crippen molar-refractivity contribution in [1.29, 1.82) is 0 Å². The lowest BCUT2D eigenvalue weighted by molar-refractivity contribution is -0.142. The fraction of sp³-hybridized carbons (Fsp3) is 0.214. The van der Waals surface area contributed by atoms with Crippen LogP contribution in [0.3, 0.4) is 0 Å². The minimum atomic E-state index is -0.539. The van der Waals surface area contributed by atoms with Crippen molar-refractivity contribution in [2.24, 2.45) is 0 Å². The molecule has 0 unspecified atom stereocenters. The molecule has 0 fully saturated rings. The number of carbonyl (C=O) groups is 3. The highest BCUT2D eigenvalue weighted by Gasteiger charge is 2.12. The number of esters is 1. The van der Waals surface area contributed by atoms with Gasteiger partial charge in [-0.1, -0.05) is 17.7 Å². The number of hydrogen-bond donors (Lipinski definition) is 1. The summed E-state index contributed by atoms with van der Waals surface area (Å²) in [7, 11) is 0. The lowest BCUT2D eigenvalue weighted by Gasteiger charge is -2.04. The zero-order chi connectivity index (χ0) is 15.9. The van der Waals surface area contributed by atoms with Crippen LogP contribution in [0.25, 0.3) is 0 Å². The molecule has 2 heterocycles. The predicted molar refractivity (Wildman–Crippen MR) is 85.9 cm³/mol. The van der Waals surface area contributed by atoms with Gasteiger partial charge in [0.2, 0.25) is 5.78 Å². The lowest BCUT2D eigenvalue weighted by Crippen LogP contribution is -2.26. The van der Waals surface area contributed by atoms with Crippen molar-refractivity contribution in [1.82, 2.24) is 5.32 Å². The Kier molecular flexibility index (Phi) is 6.11. The molecule has 5 nitrogen and oxygen atoms in total. The highest BCUT2D eigenvalue weighted by molar-refractivity contribution is 7.18. The van der Waals surface area contributed by atoms with Gasteiger partial charge in [0.1, 0.15) is 0 Å². The van der Waals surface area contributed by atoms with Gasteiger partial charge in [-0.05, 0) is 23.6 Å². The van der Waals surface area contributed by atoms with Gasteiger partial charge < -0.3 is 10.1 Å². The molecule has 116 valence electrons. The van der Waals surface area contributed by atoms with Crippen LogP contribution in [0.5, 0.6) is 0 Å². The number of amides is 1. The number of Topliss-reactive ketones (excluding diaryl/α,β-unsaturated/α-hetero) is 1. The third-order valence-corrected chi connectivity index (χ3v) is 4.71. The smallest absolute Gasteiger partial charge is 0.308 e. The minimum absolute atomic E-state index is 0.00952. The number of carbonyl (C=O) groups excluding carboxylic acids is 3. The molecule has 0 aliphatic rings. The van der Waals surface area contributed by atoms with Crippen molar-refractivity contribution < 1.29 is 19.1 Å². The molecule has 1 amide bonds. The highest BCUT2D eigenvalue weighted by atomic mass is 35.5. The monoisotopic (exact) mass is 357 g/mol. The van der Waals surface area contributed by atoms with E-state index >= 15 is 0 Å². The first-order valence-electron chi connectivity index (χ1n) is 6.32. The zero-order valence-corrected chi connectivity index (χ0v) is 13.7. The standard InChI is InChI=1S/C14H12ClNO4S2/c15-12-4-3-10(22-12)9(17)8-20-13(18)5-6-16-14(19)11-2-1-7-21-11/h1-4,7H,5-6,8H2,(H,16,19). The number of nitrogens with one attached hydrogen (secondary N) is 1. The molecule has 0 saturated heterocycles. The molecule has 2 aromatic heterocycles. The van der Waals surface area contributed by atoms with E-state index in [4.69, 9.17) is 16.3 Å². The molecule has 22 heavy (non-hydrogen) atoms. The summed E-state index contributed by atoms with van der Waals surface area (Å²) >= 11 is 8.18. The van der Waals surface area contributed by atoms with Gasteiger partial charge in [0, 0.05) is 6.54 Å². The third kappa shape index (κ3) is 4.94. The van der Waals surface area contributed by atoms with Gasteiger partial charge in [0.25, 0.3) is 5.91 Å². The van der Waals surface area contributed by atoms with Crippen LogP contribution >= 0.6 is 34.3 Å². The number of ether oxygens (including phenoxy) is 1. The van der Waals surface area contributed by atoms with E-state index in [1.807, 2.05) is 0 Å². The van der Waals surface area contributed by atoms with Crippen LogP contribution in [0, 0.1) is 0 Å². The van der Waals surface area contributed by atoms with Crippen molar-refractivity contribution in [3.8, 4) is 0 Å². The maximum atomic E-state index is 11.7. The first kappa shape index (κ1) is 16.7. The first-order chi connectivity index (χ1) is 10.6. The number of hydrogen-bond acceptors (Lipinski definition) is 6. The molecule has 0 saturated carbocycles. The number of ketones is 1. The lowest BCUT2D eigenvalue weighted by atomic mass is 10.3. The summed E-state index contributed by atoms with van der Waals surface area (Å²) in [4.78, 5) is 35.9. The van der Waals surface area contributed by atoms with Gasteiger partial charge in [-0.3, -0.25) is 14.4 Å². The summed E-state index contributed by atoms with van der Waals surface area (Å²) in [6.45, 7) is -0.164. The average molecular weight is 358 g/mol. The topological polar surface area (TPSA) is 72.5 Å². The van der Waals surface area contributed by atoms with Crippen LogP contribution in [0.4, 0.5) is 0 Å². The summed E-state index contributed by atoms with van der Waals surface area (Å²) in [6, 6.07) is 6.67. The van der Waals surface area contributed by atoms with Crippen molar-refractivity contribution >= 4 is 51.9 Å². The Hall–Kier alpha value is -1.70. The van der Waals surface area contributed by atoms with E-state index in [9.17, 15) is 14.4 Å². The van der Waals surface area contributed by atoms with E-state index in [0.717, 1.165) is 11.3 Å². The van der Waals surface area contributed by atoms with Crippen molar-refractivity contribution in [3.05, 3.63) is 43.7 Å². The second-order valence-electron chi connectivity index (χ2n) is 4.17. The van der Waals surface area contributed by atoms with Crippen LogP contribution < -0.4 is 5.32 Å². The fourth-order valence-corrected chi connectivity index (χ4v) is 3.13. The summed E-state index contributed by atoms with van der Waals surface area (Å²) in [6.07, 6.45) is 0.00952. The van der Waals surface area contributed by atoms with Gasteiger partial charge in [0.15, 0.2) is 6.61 Å². The molecular weight excluding hydrogens is 346 g/mol. The molecule has 0 radical (unpaired) electrons. The van der Waals surface area contributed by atoms with Crippen LogP contribution in [-0.4, -0.2) is 30.8 Å². The summed E-state index contributed by atoms with van der Waals surface area (Å²) in [5.74, 6) is -1.07. The number of rotatable bonds is 7. The molecule has 2 rings (SSSR count). The van der Waals surface area contributed by atoms with E-state index in [-0.39, 0.29) is 31.3 Å². The fourth-order valence-electron chi connectivity index (χ4n) is 1.53. The van der Waals surface area contributed by atoms with Crippen LogP contribution in [-0.2, 0) is 9.53 Å². The molecule has 1 N–H and O–H groups in total. The van der Waals surface area contributed by atoms with Crippen molar-refractivity contribution in [3.63, 3.8) is 0 Å². The van der Waals surface area contributed by atoms with Gasteiger partial charge >= 0.3 is 5.97 Å². The molecule has 0 aliphatic heterocycles. The van der Waals surface area contributed by atoms with Crippen LogP contribution in [0.2, 0.25) is 4.34 Å². The third-order valence-electron chi connectivity index (χ3n) is 2.57. The van der Waals surface area contributed by atoms with Gasteiger partial charge in [-0.2, -0.15) is 0 Å². The quantitative estimate of drug-likeness (QED) is 0.610. The van der Waals surface area contributed by atoms with E-state index in [0.29, 0.717) is 14.1 Å². The van der Waals surface area contributed by atoms with Gasteiger partial charge in [0.05, 0.1) is 20.5 Å². The first-order valence-corrected chi connectivity index (χ1v) is 8.39. The van der Waals surface area contributed by atoms with Crippen molar-refractivity contribution in [2.45, 2.75) is 6.42 Å². The maximum absolute atomic E-state index is 11.7. The Morgan fingerprint density at radius 3 is 2.64 bits per heavy atom. The maximum Gasteiger partial charge on any atom is 0.308 e. The predicted octanol–water partition coefficient (Wildman–Crippen LogP) is 3.01. The molecule has 0 atom stereocenters.